The summed E-state index contributed by atoms with van der Waals surface area (Å²) in [7, 11) is 0. The molecule has 0 bridgehead atoms. The molecule has 0 amide bonds. The maximum atomic E-state index is 8.77. The molecule has 56 heavy (non-hydrogen) atoms. The van der Waals surface area contributed by atoms with Gasteiger partial charge in [0.05, 0.1) is 46.6 Å². The first kappa shape index (κ1) is 34.8. The van der Waals surface area contributed by atoms with Gasteiger partial charge in [0.1, 0.15) is 23.7 Å². The number of nitrogens with zero attached hydrogens (tertiary/aromatic N) is 8. The molecule has 0 unspecified atom stereocenters. The van der Waals surface area contributed by atoms with Crippen molar-refractivity contribution in [2.24, 2.45) is 0 Å². The van der Waals surface area contributed by atoms with E-state index in [4.69, 9.17) is 10.5 Å². The standard InChI is InChI=1S/2C23H16N4S/c2*24-10-1-2-16-3-6-19(7-4-16)27-15-26-22-13-25-21-8-5-17(12-20(21)23(22)27)18-9-11-28-14-18/h2*3-9,11-15H,1-2H2. The van der Waals surface area contributed by atoms with E-state index >= 15 is 0 Å². The SMILES string of the molecule is N#CCCc1ccc(-n2cnc3cnc4ccc(-c5ccsc5)cc4c32)cc1.N#CCCc1ccc(-n2cnc3cnc4ccc(-c5ccsc5)cc4c32)cc1. The topological polar surface area (TPSA) is 109 Å². The van der Waals surface area contributed by atoms with Crippen LogP contribution in [0.2, 0.25) is 0 Å². The van der Waals surface area contributed by atoms with Crippen LogP contribution in [0.25, 0.3) is 77.5 Å². The van der Waals surface area contributed by atoms with Crippen molar-refractivity contribution in [2.75, 3.05) is 0 Å². The number of thiophene rings is 2. The fraction of sp³-hybridized carbons (Fsp3) is 0.0870. The fourth-order valence-electron chi connectivity index (χ4n) is 7.04. The Morgan fingerprint density at radius 2 is 0.929 bits per heavy atom. The zero-order chi connectivity index (χ0) is 37.8. The van der Waals surface area contributed by atoms with Crippen LogP contribution < -0.4 is 0 Å². The summed E-state index contributed by atoms with van der Waals surface area (Å²) >= 11 is 3.40. The highest BCUT2D eigenvalue weighted by atomic mass is 32.1. The Morgan fingerprint density at radius 3 is 1.32 bits per heavy atom. The molecular formula is C46H32N8S2. The molecule has 268 valence electrons. The molecule has 8 nitrogen and oxygen atoms in total. The molecule has 0 saturated carbocycles. The minimum Gasteiger partial charge on any atom is -0.298 e. The third-order valence-electron chi connectivity index (χ3n) is 9.94. The summed E-state index contributed by atoms with van der Waals surface area (Å²) in [6.07, 6.45) is 10.0. The van der Waals surface area contributed by atoms with Crippen molar-refractivity contribution in [3.05, 3.63) is 155 Å². The second kappa shape index (κ2) is 15.4. The van der Waals surface area contributed by atoms with Crippen LogP contribution in [0.15, 0.2) is 144 Å². The number of benzene rings is 4. The van der Waals surface area contributed by atoms with E-state index in [2.05, 4.69) is 160 Å². The first-order chi connectivity index (χ1) is 27.7. The molecular weight excluding hydrogens is 729 g/mol. The number of hydrogen-bond donors (Lipinski definition) is 0. The van der Waals surface area contributed by atoms with Crippen molar-refractivity contribution in [2.45, 2.75) is 25.7 Å². The largest absolute Gasteiger partial charge is 0.298 e. The molecule has 0 aliphatic heterocycles. The number of aryl methyl sites for hydroxylation is 2. The fourth-order valence-corrected chi connectivity index (χ4v) is 8.37. The highest BCUT2D eigenvalue weighted by Crippen LogP contribution is 2.32. The third kappa shape index (κ3) is 6.80. The third-order valence-corrected chi connectivity index (χ3v) is 11.3. The predicted molar refractivity (Wildman–Crippen MR) is 227 cm³/mol. The predicted octanol–water partition coefficient (Wildman–Crippen LogP) is 11.5. The van der Waals surface area contributed by atoms with E-state index in [1.165, 1.54) is 33.4 Å². The molecule has 0 fully saturated rings. The molecule has 0 aliphatic carbocycles. The van der Waals surface area contributed by atoms with E-state index in [0.29, 0.717) is 12.8 Å². The average Bonchev–Trinajstić information content (AvgIpc) is 4.10. The second-order valence-electron chi connectivity index (χ2n) is 13.4. The van der Waals surface area contributed by atoms with Crippen LogP contribution in [0.5, 0.6) is 0 Å². The van der Waals surface area contributed by atoms with Gasteiger partial charge < -0.3 is 0 Å². The van der Waals surface area contributed by atoms with Crippen LogP contribution in [0.4, 0.5) is 0 Å². The van der Waals surface area contributed by atoms with Gasteiger partial charge in [-0.2, -0.15) is 33.2 Å². The maximum Gasteiger partial charge on any atom is 0.108 e. The molecule has 10 aromatic rings. The number of aromatic nitrogens is 6. The van der Waals surface area contributed by atoms with Crippen molar-refractivity contribution >= 4 is 66.5 Å². The Morgan fingerprint density at radius 1 is 0.482 bits per heavy atom. The lowest BCUT2D eigenvalue weighted by Crippen LogP contribution is -1.94. The Bertz CT molecular complexity index is 2830. The zero-order valence-electron chi connectivity index (χ0n) is 30.1. The molecule has 4 aromatic carbocycles. The summed E-state index contributed by atoms with van der Waals surface area (Å²) in [5.74, 6) is 0. The highest BCUT2D eigenvalue weighted by Gasteiger charge is 2.13. The summed E-state index contributed by atoms with van der Waals surface area (Å²) in [6, 6.07) is 38.1. The Hall–Kier alpha value is -6.98. The maximum absolute atomic E-state index is 8.77. The molecule has 10 heteroatoms. The number of hydrogen-bond acceptors (Lipinski definition) is 8. The Kier molecular flexibility index (Phi) is 9.56. The monoisotopic (exact) mass is 760 g/mol. The van der Waals surface area contributed by atoms with Gasteiger partial charge in [0, 0.05) is 35.0 Å². The number of pyridine rings is 2. The average molecular weight is 761 g/mol. The van der Waals surface area contributed by atoms with Crippen LogP contribution in [0.3, 0.4) is 0 Å². The highest BCUT2D eigenvalue weighted by molar-refractivity contribution is 7.08. The number of nitriles is 2. The molecule has 0 atom stereocenters. The van der Waals surface area contributed by atoms with Gasteiger partial charge in [-0.05, 0) is 128 Å². The van der Waals surface area contributed by atoms with E-state index in [-0.39, 0.29) is 0 Å². The van der Waals surface area contributed by atoms with Crippen molar-refractivity contribution in [3.63, 3.8) is 0 Å². The lowest BCUT2D eigenvalue weighted by molar-refractivity contribution is 1.00. The van der Waals surface area contributed by atoms with Crippen molar-refractivity contribution in [1.82, 2.24) is 29.1 Å². The molecule has 6 heterocycles. The van der Waals surface area contributed by atoms with E-state index in [0.717, 1.165) is 68.1 Å². The van der Waals surface area contributed by atoms with Gasteiger partial charge in [0.25, 0.3) is 0 Å². The van der Waals surface area contributed by atoms with Gasteiger partial charge in [-0.3, -0.25) is 19.1 Å². The first-order valence-corrected chi connectivity index (χ1v) is 20.0. The van der Waals surface area contributed by atoms with Gasteiger partial charge in [-0.1, -0.05) is 36.4 Å². The van der Waals surface area contributed by atoms with Gasteiger partial charge in [0.15, 0.2) is 0 Å². The number of rotatable bonds is 8. The van der Waals surface area contributed by atoms with Gasteiger partial charge in [-0.25, -0.2) is 9.97 Å². The van der Waals surface area contributed by atoms with Crippen LogP contribution in [0, 0.1) is 22.7 Å². The summed E-state index contributed by atoms with van der Waals surface area (Å²) in [4.78, 5) is 18.3. The van der Waals surface area contributed by atoms with Gasteiger partial charge >= 0.3 is 0 Å². The lowest BCUT2D eigenvalue weighted by Gasteiger charge is -2.09. The Labute approximate surface area is 330 Å². The smallest absolute Gasteiger partial charge is 0.108 e. The molecule has 6 aromatic heterocycles. The van der Waals surface area contributed by atoms with Crippen LogP contribution in [-0.2, 0) is 12.8 Å². The molecule has 0 spiro atoms. The van der Waals surface area contributed by atoms with Gasteiger partial charge in [-0.15, -0.1) is 0 Å². The molecule has 0 N–H and O–H groups in total. The van der Waals surface area contributed by atoms with Crippen molar-refractivity contribution in [1.29, 1.82) is 10.5 Å². The van der Waals surface area contributed by atoms with E-state index in [9.17, 15) is 0 Å². The number of fused-ring (bicyclic) bond motifs is 6. The minimum atomic E-state index is 0.537. The summed E-state index contributed by atoms with van der Waals surface area (Å²) in [5, 5.41) is 28.2. The van der Waals surface area contributed by atoms with E-state index in [1.807, 2.05) is 25.0 Å². The summed E-state index contributed by atoms with van der Waals surface area (Å²) in [6.45, 7) is 0. The summed E-state index contributed by atoms with van der Waals surface area (Å²) in [5.41, 5.74) is 15.0. The minimum absolute atomic E-state index is 0.537. The van der Waals surface area contributed by atoms with Crippen LogP contribution in [-0.4, -0.2) is 29.1 Å². The summed E-state index contributed by atoms with van der Waals surface area (Å²) < 4.78 is 4.23. The molecule has 10 rings (SSSR count). The van der Waals surface area contributed by atoms with Crippen LogP contribution >= 0.6 is 22.7 Å². The molecule has 0 saturated heterocycles. The molecule has 0 aliphatic rings. The quantitative estimate of drug-likeness (QED) is 0.152. The Balaban J connectivity index is 0.000000146. The zero-order valence-corrected chi connectivity index (χ0v) is 31.7. The normalized spacial score (nSPS) is 11.1. The van der Waals surface area contributed by atoms with Crippen molar-refractivity contribution in [3.8, 4) is 45.8 Å². The number of imidazole rings is 2. The van der Waals surface area contributed by atoms with E-state index < -0.39 is 0 Å². The molecule has 0 radical (unpaired) electrons. The van der Waals surface area contributed by atoms with Gasteiger partial charge in [0.2, 0.25) is 0 Å². The first-order valence-electron chi connectivity index (χ1n) is 18.2. The van der Waals surface area contributed by atoms with E-state index in [1.54, 1.807) is 22.7 Å². The lowest BCUT2D eigenvalue weighted by atomic mass is 10.1. The van der Waals surface area contributed by atoms with Crippen molar-refractivity contribution < 1.29 is 0 Å². The second-order valence-corrected chi connectivity index (χ2v) is 14.9. The van der Waals surface area contributed by atoms with Crippen LogP contribution in [0.1, 0.15) is 24.0 Å².